The van der Waals surface area contributed by atoms with Crippen molar-refractivity contribution in [3.05, 3.63) is 70.5 Å². The average molecular weight is 258 g/mol. The molecular formula is C17H19FO. The minimum atomic E-state index is -0.245. The van der Waals surface area contributed by atoms with Crippen molar-refractivity contribution in [2.75, 3.05) is 6.61 Å². The molecule has 100 valence electrons. The molecule has 0 aliphatic carbocycles. The molecule has 1 N–H and O–H groups in total. The van der Waals surface area contributed by atoms with Crippen LogP contribution in [-0.2, 0) is 6.42 Å². The number of aryl methyl sites for hydroxylation is 2. The Balaban J connectivity index is 2.26. The first-order valence-corrected chi connectivity index (χ1v) is 6.52. The first-order valence-electron chi connectivity index (χ1n) is 6.52. The van der Waals surface area contributed by atoms with Crippen LogP contribution in [0, 0.1) is 19.7 Å². The van der Waals surface area contributed by atoms with E-state index in [2.05, 4.69) is 18.2 Å². The van der Waals surface area contributed by atoms with Gasteiger partial charge in [0.05, 0.1) is 6.61 Å². The second-order valence-electron chi connectivity index (χ2n) is 5.10. The van der Waals surface area contributed by atoms with Crippen molar-refractivity contribution in [1.29, 1.82) is 0 Å². The van der Waals surface area contributed by atoms with Crippen molar-refractivity contribution >= 4 is 0 Å². The highest BCUT2D eigenvalue weighted by Gasteiger charge is 2.15. The second-order valence-corrected chi connectivity index (χ2v) is 5.10. The van der Waals surface area contributed by atoms with E-state index in [1.54, 1.807) is 12.1 Å². The highest BCUT2D eigenvalue weighted by atomic mass is 19.1. The van der Waals surface area contributed by atoms with Gasteiger partial charge in [0.1, 0.15) is 5.82 Å². The Morgan fingerprint density at radius 1 is 1.05 bits per heavy atom. The quantitative estimate of drug-likeness (QED) is 0.885. The van der Waals surface area contributed by atoms with Gasteiger partial charge in [-0.05, 0) is 37.5 Å². The summed E-state index contributed by atoms with van der Waals surface area (Å²) < 4.78 is 13.8. The maximum Gasteiger partial charge on any atom is 0.126 e. The molecule has 0 amide bonds. The molecule has 2 aromatic rings. The lowest BCUT2D eigenvalue weighted by Gasteiger charge is -2.16. The highest BCUT2D eigenvalue weighted by molar-refractivity contribution is 5.31. The molecule has 0 spiro atoms. The topological polar surface area (TPSA) is 20.2 Å². The number of aliphatic hydroxyl groups is 1. The SMILES string of the molecule is Cc1cc(C)cc(CC(CO)c2ccccc2F)c1. The summed E-state index contributed by atoms with van der Waals surface area (Å²) in [5.41, 5.74) is 4.12. The number of hydrogen-bond acceptors (Lipinski definition) is 1. The lowest BCUT2D eigenvalue weighted by atomic mass is 9.91. The number of hydrogen-bond donors (Lipinski definition) is 1. The predicted octanol–water partition coefficient (Wildman–Crippen LogP) is 3.76. The van der Waals surface area contributed by atoms with Crippen LogP contribution in [0.2, 0.25) is 0 Å². The third-order valence-corrected chi connectivity index (χ3v) is 3.33. The summed E-state index contributed by atoms with van der Waals surface area (Å²) in [5.74, 6) is -0.437. The Bertz CT molecular complexity index is 543. The van der Waals surface area contributed by atoms with Gasteiger partial charge in [-0.2, -0.15) is 0 Å². The Labute approximate surface area is 113 Å². The van der Waals surface area contributed by atoms with E-state index in [1.165, 1.54) is 17.2 Å². The summed E-state index contributed by atoms with van der Waals surface area (Å²) in [5, 5.41) is 9.54. The Morgan fingerprint density at radius 2 is 1.68 bits per heavy atom. The molecule has 1 atom stereocenters. The maximum atomic E-state index is 13.8. The zero-order valence-corrected chi connectivity index (χ0v) is 11.4. The summed E-state index contributed by atoms with van der Waals surface area (Å²) in [7, 11) is 0. The van der Waals surface area contributed by atoms with Crippen LogP contribution in [-0.4, -0.2) is 11.7 Å². The van der Waals surface area contributed by atoms with Gasteiger partial charge in [-0.3, -0.25) is 0 Å². The molecule has 0 fully saturated rings. The highest BCUT2D eigenvalue weighted by Crippen LogP contribution is 2.24. The van der Waals surface area contributed by atoms with Gasteiger partial charge < -0.3 is 5.11 Å². The van der Waals surface area contributed by atoms with Gasteiger partial charge in [0.15, 0.2) is 0 Å². The van der Waals surface area contributed by atoms with Crippen LogP contribution in [0.15, 0.2) is 42.5 Å². The van der Waals surface area contributed by atoms with E-state index in [4.69, 9.17) is 0 Å². The van der Waals surface area contributed by atoms with E-state index < -0.39 is 0 Å². The molecule has 0 heterocycles. The van der Waals surface area contributed by atoms with E-state index in [0.717, 1.165) is 5.56 Å². The predicted molar refractivity (Wildman–Crippen MR) is 75.8 cm³/mol. The minimum Gasteiger partial charge on any atom is -0.396 e. The number of rotatable bonds is 4. The number of aliphatic hydroxyl groups excluding tert-OH is 1. The molecule has 0 saturated carbocycles. The molecular weight excluding hydrogens is 239 g/mol. The molecule has 0 saturated heterocycles. The molecule has 0 aliphatic rings. The summed E-state index contributed by atoms with van der Waals surface area (Å²) in [6.07, 6.45) is 0.653. The van der Waals surface area contributed by atoms with Crippen LogP contribution in [0.25, 0.3) is 0 Å². The van der Waals surface area contributed by atoms with Crippen molar-refractivity contribution in [1.82, 2.24) is 0 Å². The first kappa shape index (κ1) is 13.8. The monoisotopic (exact) mass is 258 g/mol. The van der Waals surface area contributed by atoms with Crippen LogP contribution in [0.3, 0.4) is 0 Å². The van der Waals surface area contributed by atoms with E-state index in [-0.39, 0.29) is 18.3 Å². The van der Waals surface area contributed by atoms with Crippen LogP contribution < -0.4 is 0 Å². The van der Waals surface area contributed by atoms with Gasteiger partial charge in [0.25, 0.3) is 0 Å². The third kappa shape index (κ3) is 3.42. The van der Waals surface area contributed by atoms with Crippen LogP contribution in [0.1, 0.15) is 28.2 Å². The zero-order valence-electron chi connectivity index (χ0n) is 11.4. The molecule has 19 heavy (non-hydrogen) atoms. The van der Waals surface area contributed by atoms with Crippen molar-refractivity contribution in [3.8, 4) is 0 Å². The fraction of sp³-hybridized carbons (Fsp3) is 0.294. The molecule has 1 nitrogen and oxygen atoms in total. The van der Waals surface area contributed by atoms with Gasteiger partial charge in [-0.25, -0.2) is 4.39 Å². The summed E-state index contributed by atoms with van der Waals surface area (Å²) in [6.45, 7) is 4.05. The fourth-order valence-corrected chi connectivity index (χ4v) is 2.55. The number of halogens is 1. The van der Waals surface area contributed by atoms with Gasteiger partial charge >= 0.3 is 0 Å². The lowest BCUT2D eigenvalue weighted by Crippen LogP contribution is -2.10. The maximum absolute atomic E-state index is 13.8. The summed E-state index contributed by atoms with van der Waals surface area (Å²) >= 11 is 0. The second kappa shape index (κ2) is 5.98. The Hall–Kier alpha value is -1.67. The standard InChI is InChI=1S/C17H19FO/c1-12-7-13(2)9-14(8-12)10-15(11-19)16-5-3-4-6-17(16)18/h3-9,15,19H,10-11H2,1-2H3. The lowest BCUT2D eigenvalue weighted by molar-refractivity contribution is 0.261. The van der Waals surface area contributed by atoms with Crippen molar-refractivity contribution in [3.63, 3.8) is 0 Å². The van der Waals surface area contributed by atoms with Crippen molar-refractivity contribution in [2.24, 2.45) is 0 Å². The van der Waals surface area contributed by atoms with E-state index >= 15 is 0 Å². The molecule has 2 rings (SSSR count). The van der Waals surface area contributed by atoms with Gasteiger partial charge in [-0.15, -0.1) is 0 Å². The van der Waals surface area contributed by atoms with Crippen molar-refractivity contribution in [2.45, 2.75) is 26.2 Å². The smallest absolute Gasteiger partial charge is 0.126 e. The van der Waals surface area contributed by atoms with Crippen molar-refractivity contribution < 1.29 is 9.50 Å². The van der Waals surface area contributed by atoms with E-state index in [9.17, 15) is 9.50 Å². The Kier molecular flexibility index (Phi) is 4.33. The fourth-order valence-electron chi connectivity index (χ4n) is 2.55. The molecule has 0 bridgehead atoms. The summed E-state index contributed by atoms with van der Waals surface area (Å²) in [6, 6.07) is 13.0. The van der Waals surface area contributed by atoms with E-state index in [0.29, 0.717) is 12.0 Å². The van der Waals surface area contributed by atoms with Crippen LogP contribution >= 0.6 is 0 Å². The van der Waals surface area contributed by atoms with Crippen LogP contribution in [0.5, 0.6) is 0 Å². The minimum absolute atomic E-state index is 0.0477. The summed E-state index contributed by atoms with van der Waals surface area (Å²) in [4.78, 5) is 0. The third-order valence-electron chi connectivity index (χ3n) is 3.33. The molecule has 0 aromatic heterocycles. The molecule has 2 heteroatoms. The van der Waals surface area contributed by atoms with Gasteiger partial charge in [0, 0.05) is 5.92 Å². The molecule has 2 aromatic carbocycles. The first-order chi connectivity index (χ1) is 9.10. The van der Waals surface area contributed by atoms with Gasteiger partial charge in [-0.1, -0.05) is 47.5 Å². The molecule has 1 unspecified atom stereocenters. The van der Waals surface area contributed by atoms with E-state index in [1.807, 2.05) is 19.9 Å². The molecule has 0 radical (unpaired) electrons. The normalized spacial score (nSPS) is 12.4. The van der Waals surface area contributed by atoms with Gasteiger partial charge in [0.2, 0.25) is 0 Å². The molecule has 0 aliphatic heterocycles. The zero-order chi connectivity index (χ0) is 13.8. The average Bonchev–Trinajstić information content (AvgIpc) is 2.36. The Morgan fingerprint density at radius 3 is 2.26 bits per heavy atom. The number of benzene rings is 2. The van der Waals surface area contributed by atoms with Crippen LogP contribution in [0.4, 0.5) is 4.39 Å². The largest absolute Gasteiger partial charge is 0.396 e.